The van der Waals surface area contributed by atoms with Gasteiger partial charge in [-0.3, -0.25) is 10.2 Å². The Morgan fingerprint density at radius 3 is 2.51 bits per heavy atom. The first-order valence-electron chi connectivity index (χ1n) is 13.5. The number of aromatic nitrogens is 2. The van der Waals surface area contributed by atoms with Gasteiger partial charge in [-0.1, -0.05) is 18.2 Å². The third-order valence-corrected chi connectivity index (χ3v) is 7.30. The second kappa shape index (κ2) is 12.6. The number of likely N-dealkylation sites (tertiary alicyclic amines) is 1. The Hall–Kier alpha value is -4.75. The van der Waals surface area contributed by atoms with Crippen LogP contribution in [0, 0.1) is 16.7 Å². The lowest BCUT2D eigenvalue weighted by molar-refractivity contribution is -0.127. The number of nitrogens with one attached hydrogen (secondary N) is 2. The second-order valence-corrected chi connectivity index (χ2v) is 10.7. The molecule has 1 amide bonds. The maximum atomic E-state index is 13.3. The predicted molar refractivity (Wildman–Crippen MR) is 160 cm³/mol. The van der Waals surface area contributed by atoms with Crippen LogP contribution in [0.5, 0.6) is 11.5 Å². The van der Waals surface area contributed by atoms with E-state index in [2.05, 4.69) is 21.4 Å². The number of nitrogen functional groups attached to an aromatic ring is 1. The normalized spacial score (nSPS) is 15.8. The number of piperidine rings is 1. The van der Waals surface area contributed by atoms with Crippen LogP contribution in [0.1, 0.15) is 37.8 Å². The molecule has 1 saturated heterocycles. The van der Waals surface area contributed by atoms with Crippen LogP contribution in [0.15, 0.2) is 72.6 Å². The monoisotopic (exact) mass is 552 g/mol. The number of likely N-dealkylation sites (N-methyl/N-ethyl adjacent to an activating group) is 1. The van der Waals surface area contributed by atoms with E-state index in [-0.39, 0.29) is 29.1 Å². The van der Waals surface area contributed by atoms with Gasteiger partial charge >= 0.3 is 0 Å². The Bertz CT molecular complexity index is 1460. The van der Waals surface area contributed by atoms with Gasteiger partial charge in [0.15, 0.2) is 0 Å². The maximum absolute atomic E-state index is 13.3. The highest BCUT2D eigenvalue weighted by molar-refractivity contribution is 6.16. The van der Waals surface area contributed by atoms with Gasteiger partial charge in [-0.25, -0.2) is 9.97 Å². The van der Waals surface area contributed by atoms with Crippen LogP contribution in [0.25, 0.3) is 0 Å². The van der Waals surface area contributed by atoms with Gasteiger partial charge in [0.25, 0.3) is 5.91 Å². The molecule has 1 aliphatic heterocycles. The van der Waals surface area contributed by atoms with Gasteiger partial charge in [-0.15, -0.1) is 0 Å². The highest BCUT2D eigenvalue weighted by atomic mass is 16.5. The Kier molecular flexibility index (Phi) is 9.00. The quantitative estimate of drug-likeness (QED) is 0.200. The third kappa shape index (κ3) is 7.07. The topological polar surface area (TPSA) is 144 Å². The van der Waals surface area contributed by atoms with Gasteiger partial charge in [-0.2, -0.15) is 5.26 Å². The average molecular weight is 553 g/mol. The number of carbonyl (C=O) groups is 1. The number of hydrogen-bond donors (Lipinski definition) is 3. The molecule has 1 unspecified atom stereocenters. The number of rotatable bonds is 9. The summed E-state index contributed by atoms with van der Waals surface area (Å²) in [7, 11) is 3.82. The van der Waals surface area contributed by atoms with Crippen molar-refractivity contribution in [3.8, 4) is 17.6 Å². The lowest BCUT2D eigenvalue weighted by Crippen LogP contribution is -2.46. The number of nitriles is 1. The first-order chi connectivity index (χ1) is 19.6. The molecule has 2 aromatic carbocycles. The molecule has 2 heterocycles. The maximum Gasteiger partial charge on any atom is 0.264 e. The fraction of sp³-hybridized carbons (Fsp3) is 0.323. The van der Waals surface area contributed by atoms with Crippen molar-refractivity contribution >= 4 is 23.3 Å². The van der Waals surface area contributed by atoms with E-state index in [4.69, 9.17) is 15.9 Å². The summed E-state index contributed by atoms with van der Waals surface area (Å²) < 4.78 is 5.87. The molecule has 212 valence electrons. The Morgan fingerprint density at radius 2 is 1.85 bits per heavy atom. The molecule has 3 aromatic rings. The molecule has 4 rings (SSSR count). The minimum absolute atomic E-state index is 0.123. The Labute approximate surface area is 241 Å². The van der Waals surface area contributed by atoms with Crippen molar-refractivity contribution < 1.29 is 9.53 Å². The van der Waals surface area contributed by atoms with E-state index in [1.54, 1.807) is 35.2 Å². The predicted octanol–water partition coefficient (Wildman–Crippen LogP) is 4.46. The lowest BCUT2D eigenvalue weighted by Gasteiger charge is -2.34. The zero-order valence-electron chi connectivity index (χ0n) is 23.9. The van der Waals surface area contributed by atoms with Gasteiger partial charge in [0.1, 0.15) is 41.1 Å². The Balaban J connectivity index is 1.50. The second-order valence-electron chi connectivity index (χ2n) is 10.7. The number of para-hydroxylation sites is 1. The Morgan fingerprint density at radius 1 is 1.17 bits per heavy atom. The summed E-state index contributed by atoms with van der Waals surface area (Å²) in [6.07, 6.45) is 4.63. The van der Waals surface area contributed by atoms with Crippen LogP contribution >= 0.6 is 0 Å². The van der Waals surface area contributed by atoms with Gasteiger partial charge < -0.3 is 25.6 Å². The van der Waals surface area contributed by atoms with E-state index in [1.807, 2.05) is 63.2 Å². The van der Waals surface area contributed by atoms with Crippen molar-refractivity contribution in [2.45, 2.75) is 38.3 Å². The summed E-state index contributed by atoms with van der Waals surface area (Å²) in [6.45, 7) is 4.86. The van der Waals surface area contributed by atoms with Crippen LogP contribution in [-0.2, 0) is 4.79 Å². The van der Waals surface area contributed by atoms with Gasteiger partial charge in [0.2, 0.25) is 0 Å². The summed E-state index contributed by atoms with van der Waals surface area (Å²) in [5.41, 5.74) is 7.10. The minimum Gasteiger partial charge on any atom is -0.457 e. The summed E-state index contributed by atoms with van der Waals surface area (Å²) in [5, 5.41) is 22.0. The molecule has 41 heavy (non-hydrogen) atoms. The van der Waals surface area contributed by atoms with Crippen LogP contribution in [0.3, 0.4) is 0 Å². The van der Waals surface area contributed by atoms with Gasteiger partial charge in [-0.05, 0) is 83.3 Å². The van der Waals surface area contributed by atoms with E-state index in [0.717, 1.165) is 18.6 Å². The summed E-state index contributed by atoms with van der Waals surface area (Å²) in [4.78, 5) is 25.5. The summed E-state index contributed by atoms with van der Waals surface area (Å²) in [6, 6.07) is 18.6. The van der Waals surface area contributed by atoms with Crippen molar-refractivity contribution in [3.63, 3.8) is 0 Å². The number of hydrogen-bond acceptors (Lipinski definition) is 9. The van der Waals surface area contributed by atoms with Crippen molar-refractivity contribution in [2.75, 3.05) is 38.2 Å². The number of nitrogens with zero attached hydrogens (tertiary/aromatic N) is 5. The van der Waals surface area contributed by atoms with Crippen LogP contribution in [0.4, 0.5) is 11.6 Å². The number of amides is 1. The van der Waals surface area contributed by atoms with E-state index < -0.39 is 5.54 Å². The molecule has 0 saturated carbocycles. The smallest absolute Gasteiger partial charge is 0.264 e. The zero-order valence-corrected chi connectivity index (χ0v) is 23.9. The van der Waals surface area contributed by atoms with Crippen LogP contribution in [0.2, 0.25) is 0 Å². The molecule has 1 fully saturated rings. The molecule has 4 N–H and O–H groups in total. The van der Waals surface area contributed by atoms with Crippen molar-refractivity contribution in [2.24, 2.45) is 0 Å². The fourth-order valence-corrected chi connectivity index (χ4v) is 4.48. The minimum atomic E-state index is -0.451. The highest BCUT2D eigenvalue weighted by Crippen LogP contribution is 2.27. The largest absolute Gasteiger partial charge is 0.457 e. The lowest BCUT2D eigenvalue weighted by atomic mass is 9.98. The molecular weight excluding hydrogens is 516 g/mol. The molecule has 0 bridgehead atoms. The molecule has 1 aromatic heterocycles. The summed E-state index contributed by atoms with van der Waals surface area (Å²) in [5.74, 6) is 1.69. The van der Waals surface area contributed by atoms with E-state index in [0.29, 0.717) is 35.8 Å². The first kappa shape index (κ1) is 29.2. The molecule has 1 aliphatic rings. The van der Waals surface area contributed by atoms with Crippen molar-refractivity contribution in [1.82, 2.24) is 19.8 Å². The SMILES string of the molecule is CN(C)C(C)(C)/C=C(\C#N)C(=O)N1CCCC(Nc2ncnc(N)c2C(=N)c2ccc(Oc3ccccc3)cc2)C1. The number of nitrogens with two attached hydrogens (primary N) is 1. The van der Waals surface area contributed by atoms with E-state index in [9.17, 15) is 10.1 Å². The third-order valence-electron chi connectivity index (χ3n) is 7.30. The van der Waals surface area contributed by atoms with Gasteiger partial charge in [0, 0.05) is 30.2 Å². The molecule has 10 heteroatoms. The number of anilines is 2. The summed E-state index contributed by atoms with van der Waals surface area (Å²) >= 11 is 0. The number of benzene rings is 2. The molecule has 0 radical (unpaired) electrons. The zero-order chi connectivity index (χ0) is 29.6. The van der Waals surface area contributed by atoms with Gasteiger partial charge in [0.05, 0.1) is 11.3 Å². The van der Waals surface area contributed by atoms with Crippen LogP contribution < -0.4 is 15.8 Å². The number of carbonyl (C=O) groups excluding carboxylic acids is 1. The number of ether oxygens (including phenoxy) is 1. The molecule has 0 aliphatic carbocycles. The standard InChI is InChI=1S/C31H36N8O2/c1-31(2,38(3)4)17-22(18-32)30(40)39-16-8-9-23(19-39)37-29-26(28(34)35-20-36-29)27(33)21-12-14-25(15-13-21)41-24-10-6-5-7-11-24/h5-7,10-15,17,20,23,33H,8-9,16,19H2,1-4H3,(H3,34,35,36,37)/b22-17+,33-27?. The van der Waals surface area contributed by atoms with Crippen LogP contribution in [-0.4, -0.2) is 70.2 Å². The molecular formula is C31H36N8O2. The molecule has 10 nitrogen and oxygen atoms in total. The molecule has 0 spiro atoms. The van der Waals surface area contributed by atoms with E-state index in [1.165, 1.54) is 6.33 Å². The fourth-order valence-electron chi connectivity index (χ4n) is 4.48. The molecule has 1 atom stereocenters. The highest BCUT2D eigenvalue weighted by Gasteiger charge is 2.29. The average Bonchev–Trinajstić information content (AvgIpc) is 2.96. The van der Waals surface area contributed by atoms with Crippen molar-refractivity contribution in [3.05, 3.63) is 83.7 Å². The van der Waals surface area contributed by atoms with Crippen molar-refractivity contribution in [1.29, 1.82) is 10.7 Å². The van der Waals surface area contributed by atoms with E-state index >= 15 is 0 Å². The first-order valence-corrected chi connectivity index (χ1v) is 13.5.